The van der Waals surface area contributed by atoms with E-state index < -0.39 is 5.97 Å². The highest BCUT2D eigenvalue weighted by atomic mass is 16.4. The van der Waals surface area contributed by atoms with Gasteiger partial charge in [0, 0.05) is 0 Å². The van der Waals surface area contributed by atoms with E-state index in [1.54, 1.807) is 0 Å². The molecule has 1 N–H and O–H groups in total. The van der Waals surface area contributed by atoms with E-state index in [1.807, 2.05) is 0 Å². The van der Waals surface area contributed by atoms with E-state index in [4.69, 9.17) is 5.11 Å². The van der Waals surface area contributed by atoms with Crippen molar-refractivity contribution in [2.24, 2.45) is 11.8 Å². The molecule has 2 nitrogen and oxygen atoms in total. The zero-order valence-corrected chi connectivity index (χ0v) is 10.5. The molecule has 15 heavy (non-hydrogen) atoms. The molecule has 0 heterocycles. The van der Waals surface area contributed by atoms with Gasteiger partial charge in [0.05, 0.1) is 5.92 Å². The summed E-state index contributed by atoms with van der Waals surface area (Å²) in [6.45, 7) is 6.44. The van der Waals surface area contributed by atoms with Crippen LogP contribution in [-0.4, -0.2) is 11.1 Å². The third-order valence-corrected chi connectivity index (χ3v) is 3.14. The zero-order valence-electron chi connectivity index (χ0n) is 10.5. The topological polar surface area (TPSA) is 37.3 Å². The van der Waals surface area contributed by atoms with Gasteiger partial charge in [-0.15, -0.1) is 0 Å². The minimum atomic E-state index is -0.605. The molecule has 0 rings (SSSR count). The molecule has 2 atom stereocenters. The van der Waals surface area contributed by atoms with Gasteiger partial charge in [-0.05, 0) is 18.8 Å². The number of aliphatic carboxylic acids is 1. The van der Waals surface area contributed by atoms with Gasteiger partial charge in [0.25, 0.3) is 0 Å². The third-order valence-electron chi connectivity index (χ3n) is 3.14. The van der Waals surface area contributed by atoms with E-state index in [1.165, 1.54) is 19.3 Å². The fourth-order valence-electron chi connectivity index (χ4n) is 1.81. The lowest BCUT2D eigenvalue weighted by atomic mass is 9.90. The maximum Gasteiger partial charge on any atom is 0.306 e. The second-order valence-corrected chi connectivity index (χ2v) is 4.63. The maximum atomic E-state index is 11.0. The van der Waals surface area contributed by atoms with Crippen molar-refractivity contribution in [1.29, 1.82) is 0 Å². The third kappa shape index (κ3) is 7.40. The molecule has 0 fully saturated rings. The molecule has 0 saturated carbocycles. The van der Waals surface area contributed by atoms with Crippen LogP contribution in [-0.2, 0) is 4.79 Å². The first kappa shape index (κ1) is 14.5. The number of rotatable bonds is 9. The summed E-state index contributed by atoms with van der Waals surface area (Å²) in [5.41, 5.74) is 0. The van der Waals surface area contributed by atoms with Crippen LogP contribution in [0.5, 0.6) is 0 Å². The molecule has 90 valence electrons. The molecule has 2 heteroatoms. The predicted molar refractivity (Wildman–Crippen MR) is 64.0 cm³/mol. The minimum Gasteiger partial charge on any atom is -0.481 e. The fourth-order valence-corrected chi connectivity index (χ4v) is 1.81. The van der Waals surface area contributed by atoms with Gasteiger partial charge in [-0.2, -0.15) is 0 Å². The summed E-state index contributed by atoms with van der Waals surface area (Å²) < 4.78 is 0. The number of carboxylic acid groups (broad SMARTS) is 1. The van der Waals surface area contributed by atoms with Gasteiger partial charge in [0.1, 0.15) is 0 Å². The van der Waals surface area contributed by atoms with Crippen molar-refractivity contribution in [2.75, 3.05) is 0 Å². The molecule has 0 bridgehead atoms. The average molecular weight is 214 g/mol. The molecule has 2 unspecified atom stereocenters. The minimum absolute atomic E-state index is 0.114. The van der Waals surface area contributed by atoms with Crippen LogP contribution in [0.25, 0.3) is 0 Å². The Kier molecular flexibility index (Phi) is 8.44. The van der Waals surface area contributed by atoms with E-state index in [9.17, 15) is 4.79 Å². The van der Waals surface area contributed by atoms with Crippen LogP contribution >= 0.6 is 0 Å². The molecule has 0 aliphatic carbocycles. The molecule has 0 saturated heterocycles. The summed E-state index contributed by atoms with van der Waals surface area (Å²) in [5, 5.41) is 9.07. The monoisotopic (exact) mass is 214 g/mol. The van der Waals surface area contributed by atoms with Crippen LogP contribution in [0.1, 0.15) is 65.7 Å². The van der Waals surface area contributed by atoms with Crippen LogP contribution < -0.4 is 0 Å². The van der Waals surface area contributed by atoms with Gasteiger partial charge in [0.2, 0.25) is 0 Å². The Bertz CT molecular complexity index is 166. The number of hydrogen-bond donors (Lipinski definition) is 1. The van der Waals surface area contributed by atoms with Crippen LogP contribution in [0.4, 0.5) is 0 Å². The highest BCUT2D eigenvalue weighted by Crippen LogP contribution is 2.21. The summed E-state index contributed by atoms with van der Waals surface area (Å²) in [4.78, 5) is 11.0. The number of unbranched alkanes of at least 4 members (excludes halogenated alkanes) is 3. The van der Waals surface area contributed by atoms with E-state index in [-0.39, 0.29) is 5.92 Å². The van der Waals surface area contributed by atoms with Gasteiger partial charge in [-0.3, -0.25) is 4.79 Å². The van der Waals surface area contributed by atoms with Crippen molar-refractivity contribution in [1.82, 2.24) is 0 Å². The quantitative estimate of drug-likeness (QED) is 0.587. The summed E-state index contributed by atoms with van der Waals surface area (Å²) in [6.07, 6.45) is 7.48. The maximum absolute atomic E-state index is 11.0. The molecular weight excluding hydrogens is 188 g/mol. The second-order valence-electron chi connectivity index (χ2n) is 4.63. The summed E-state index contributed by atoms with van der Waals surface area (Å²) >= 11 is 0. The highest BCUT2D eigenvalue weighted by Gasteiger charge is 2.18. The van der Waals surface area contributed by atoms with E-state index in [0.717, 1.165) is 25.7 Å². The lowest BCUT2D eigenvalue weighted by Gasteiger charge is -2.16. The molecule has 0 spiro atoms. The first-order valence-electron chi connectivity index (χ1n) is 6.34. The van der Waals surface area contributed by atoms with Crippen molar-refractivity contribution in [3.05, 3.63) is 0 Å². The normalized spacial score (nSPS) is 14.9. The van der Waals surface area contributed by atoms with Crippen LogP contribution in [0, 0.1) is 11.8 Å². The number of hydrogen-bond acceptors (Lipinski definition) is 1. The molecule has 0 aromatic heterocycles. The molecule has 0 aliphatic heterocycles. The Labute approximate surface area is 94.1 Å². The highest BCUT2D eigenvalue weighted by molar-refractivity contribution is 5.69. The van der Waals surface area contributed by atoms with Crippen LogP contribution in [0.2, 0.25) is 0 Å². The predicted octanol–water partition coefficient (Wildman–Crippen LogP) is 4.09. The number of carboxylic acids is 1. The van der Waals surface area contributed by atoms with Gasteiger partial charge >= 0.3 is 5.97 Å². The number of carbonyl (C=O) groups is 1. The van der Waals surface area contributed by atoms with E-state index >= 15 is 0 Å². The summed E-state index contributed by atoms with van der Waals surface area (Å²) in [7, 11) is 0. The lowest BCUT2D eigenvalue weighted by molar-refractivity contribution is -0.142. The smallest absolute Gasteiger partial charge is 0.306 e. The molecule has 0 aromatic rings. The largest absolute Gasteiger partial charge is 0.481 e. The average Bonchev–Trinajstić information content (AvgIpc) is 2.21. The Morgan fingerprint density at radius 2 is 1.87 bits per heavy atom. The standard InChI is InChI=1S/C13H26O2/c1-4-6-7-8-9-12(13(14)15)10-11(3)5-2/h11-12H,4-10H2,1-3H3,(H,14,15). The Morgan fingerprint density at radius 3 is 2.33 bits per heavy atom. The molecule has 0 amide bonds. The molecule has 0 aliphatic rings. The Morgan fingerprint density at radius 1 is 1.20 bits per heavy atom. The van der Waals surface area contributed by atoms with Crippen molar-refractivity contribution < 1.29 is 9.90 Å². The summed E-state index contributed by atoms with van der Waals surface area (Å²) in [5.74, 6) is -0.180. The molecular formula is C13H26O2. The van der Waals surface area contributed by atoms with Gasteiger partial charge in [-0.25, -0.2) is 0 Å². The van der Waals surface area contributed by atoms with E-state index in [0.29, 0.717) is 5.92 Å². The molecule has 0 radical (unpaired) electrons. The zero-order chi connectivity index (χ0) is 11.7. The molecule has 0 aromatic carbocycles. The fraction of sp³-hybridized carbons (Fsp3) is 0.923. The summed E-state index contributed by atoms with van der Waals surface area (Å²) in [6, 6.07) is 0. The Balaban J connectivity index is 3.78. The lowest BCUT2D eigenvalue weighted by Crippen LogP contribution is -2.16. The van der Waals surface area contributed by atoms with Gasteiger partial charge in [0.15, 0.2) is 0 Å². The first-order valence-corrected chi connectivity index (χ1v) is 6.34. The van der Waals surface area contributed by atoms with Gasteiger partial charge < -0.3 is 5.11 Å². The Hall–Kier alpha value is -0.530. The van der Waals surface area contributed by atoms with Crippen LogP contribution in [0.15, 0.2) is 0 Å². The SMILES string of the molecule is CCCCCCC(CC(C)CC)C(=O)O. The van der Waals surface area contributed by atoms with Crippen molar-refractivity contribution in [3.8, 4) is 0 Å². The first-order chi connectivity index (χ1) is 7.11. The van der Waals surface area contributed by atoms with Crippen molar-refractivity contribution in [3.63, 3.8) is 0 Å². The van der Waals surface area contributed by atoms with Crippen molar-refractivity contribution in [2.45, 2.75) is 65.7 Å². The second kappa shape index (κ2) is 8.75. The van der Waals surface area contributed by atoms with E-state index in [2.05, 4.69) is 20.8 Å². The van der Waals surface area contributed by atoms with Crippen LogP contribution in [0.3, 0.4) is 0 Å². The van der Waals surface area contributed by atoms with Gasteiger partial charge in [-0.1, -0.05) is 52.9 Å². The van der Waals surface area contributed by atoms with Crippen molar-refractivity contribution >= 4 is 5.97 Å².